The van der Waals surface area contributed by atoms with E-state index in [2.05, 4.69) is 0 Å². The average molecular weight is 264 g/mol. The van der Waals surface area contributed by atoms with E-state index in [1.165, 1.54) is 13.8 Å². The first-order chi connectivity index (χ1) is 8.05. The lowest BCUT2D eigenvalue weighted by molar-refractivity contribution is -0.146. The highest BCUT2D eigenvalue weighted by molar-refractivity contribution is 5.74. The van der Waals surface area contributed by atoms with E-state index < -0.39 is 28.9 Å². The van der Waals surface area contributed by atoms with E-state index >= 15 is 0 Å². The van der Waals surface area contributed by atoms with Crippen LogP contribution >= 0.6 is 0 Å². The van der Waals surface area contributed by atoms with Crippen LogP contribution in [0.4, 0.5) is 17.6 Å². The van der Waals surface area contributed by atoms with Crippen molar-refractivity contribution in [3.8, 4) is 0 Å². The molecule has 2 nitrogen and oxygen atoms in total. The molecule has 0 aliphatic carbocycles. The summed E-state index contributed by atoms with van der Waals surface area (Å²) in [5.41, 5.74) is -2.95. The predicted octanol–water partition coefficient (Wildman–Crippen LogP) is 3.50. The number of carboxylic acid groups (broad SMARTS) is 1. The van der Waals surface area contributed by atoms with Gasteiger partial charge in [-0.2, -0.15) is 13.2 Å². The van der Waals surface area contributed by atoms with Crippen LogP contribution in [0.1, 0.15) is 25.0 Å². The number of aliphatic carboxylic acids is 1. The molecular weight excluding hydrogens is 252 g/mol. The molecule has 1 rings (SSSR count). The van der Waals surface area contributed by atoms with Gasteiger partial charge in [0.1, 0.15) is 5.82 Å². The number of alkyl halides is 3. The van der Waals surface area contributed by atoms with Gasteiger partial charge in [0.2, 0.25) is 0 Å². The van der Waals surface area contributed by atoms with Crippen LogP contribution in [0.3, 0.4) is 0 Å². The molecule has 0 radical (unpaired) electrons. The van der Waals surface area contributed by atoms with Crippen LogP contribution in [-0.2, 0) is 17.4 Å². The average Bonchev–Trinajstić information content (AvgIpc) is 2.18. The topological polar surface area (TPSA) is 37.3 Å². The fourth-order valence-electron chi connectivity index (χ4n) is 1.49. The molecule has 6 heteroatoms. The normalized spacial score (nSPS) is 12.6. The standard InChI is InChI=1S/C12H12F4O2/c1-11(2,10(17)18)6-7-4-3-5-8(9(7)13)12(14,15)16/h3-5H,6H2,1-2H3,(H,17,18). The van der Waals surface area contributed by atoms with Crippen LogP contribution in [-0.4, -0.2) is 11.1 Å². The van der Waals surface area contributed by atoms with E-state index in [0.717, 1.165) is 12.1 Å². The summed E-state index contributed by atoms with van der Waals surface area (Å²) < 4.78 is 51.0. The SMILES string of the molecule is CC(C)(Cc1cccc(C(F)(F)F)c1F)C(=O)O. The molecule has 0 heterocycles. The lowest BCUT2D eigenvalue weighted by Crippen LogP contribution is -2.27. The number of benzene rings is 1. The van der Waals surface area contributed by atoms with Crippen LogP contribution in [0.5, 0.6) is 0 Å². The highest BCUT2D eigenvalue weighted by Crippen LogP contribution is 2.34. The van der Waals surface area contributed by atoms with Crippen molar-refractivity contribution < 1.29 is 27.5 Å². The second-order valence-electron chi connectivity index (χ2n) is 4.64. The summed E-state index contributed by atoms with van der Waals surface area (Å²) in [4.78, 5) is 10.9. The molecule has 0 aliphatic heterocycles. The van der Waals surface area contributed by atoms with Crippen molar-refractivity contribution in [3.63, 3.8) is 0 Å². The van der Waals surface area contributed by atoms with Gasteiger partial charge in [0.15, 0.2) is 0 Å². The maximum atomic E-state index is 13.6. The summed E-state index contributed by atoms with van der Waals surface area (Å²) in [6.07, 6.45) is -5.09. The number of hydrogen-bond donors (Lipinski definition) is 1. The van der Waals surface area contributed by atoms with Crippen molar-refractivity contribution in [1.29, 1.82) is 0 Å². The molecule has 0 saturated heterocycles. The summed E-state index contributed by atoms with van der Waals surface area (Å²) >= 11 is 0. The molecule has 0 atom stereocenters. The fraction of sp³-hybridized carbons (Fsp3) is 0.417. The minimum Gasteiger partial charge on any atom is -0.481 e. The van der Waals surface area contributed by atoms with Gasteiger partial charge in [0.25, 0.3) is 0 Å². The van der Waals surface area contributed by atoms with Crippen molar-refractivity contribution in [3.05, 3.63) is 35.1 Å². The number of halogens is 4. The Labute approximate surface area is 101 Å². The Hall–Kier alpha value is -1.59. The van der Waals surface area contributed by atoms with E-state index in [9.17, 15) is 22.4 Å². The van der Waals surface area contributed by atoms with Crippen molar-refractivity contribution >= 4 is 5.97 Å². The molecule has 0 saturated carbocycles. The Morgan fingerprint density at radius 3 is 2.28 bits per heavy atom. The Morgan fingerprint density at radius 2 is 1.83 bits per heavy atom. The largest absolute Gasteiger partial charge is 0.481 e. The maximum Gasteiger partial charge on any atom is 0.419 e. The number of rotatable bonds is 3. The Kier molecular flexibility index (Phi) is 3.69. The van der Waals surface area contributed by atoms with Crippen LogP contribution < -0.4 is 0 Å². The summed E-state index contributed by atoms with van der Waals surface area (Å²) in [6.45, 7) is 2.66. The molecular formula is C12H12F4O2. The van der Waals surface area contributed by atoms with Gasteiger partial charge in [-0.25, -0.2) is 4.39 Å². The third-order valence-electron chi connectivity index (χ3n) is 2.60. The first-order valence-electron chi connectivity index (χ1n) is 5.13. The first kappa shape index (κ1) is 14.5. The van der Waals surface area contributed by atoms with Gasteiger partial charge in [-0.05, 0) is 31.9 Å². The Morgan fingerprint density at radius 1 is 1.28 bits per heavy atom. The van der Waals surface area contributed by atoms with Crippen LogP contribution in [0.15, 0.2) is 18.2 Å². The highest BCUT2D eigenvalue weighted by Gasteiger charge is 2.36. The van der Waals surface area contributed by atoms with E-state index in [1.54, 1.807) is 0 Å². The zero-order valence-corrected chi connectivity index (χ0v) is 9.81. The van der Waals surface area contributed by atoms with Crippen LogP contribution in [0, 0.1) is 11.2 Å². The van der Waals surface area contributed by atoms with E-state index in [1.807, 2.05) is 0 Å². The van der Waals surface area contributed by atoms with Gasteiger partial charge < -0.3 is 5.11 Å². The summed E-state index contributed by atoms with van der Waals surface area (Å²) in [5, 5.41) is 8.88. The number of hydrogen-bond acceptors (Lipinski definition) is 1. The molecule has 100 valence electrons. The minimum absolute atomic E-state index is 0.253. The number of carboxylic acids is 1. The molecule has 0 spiro atoms. The van der Waals surface area contributed by atoms with Crippen molar-refractivity contribution in [2.45, 2.75) is 26.4 Å². The molecule has 0 bridgehead atoms. The molecule has 0 unspecified atom stereocenters. The van der Waals surface area contributed by atoms with E-state index in [4.69, 9.17) is 5.11 Å². The van der Waals surface area contributed by atoms with Gasteiger partial charge in [-0.1, -0.05) is 12.1 Å². The molecule has 0 amide bonds. The zero-order valence-electron chi connectivity index (χ0n) is 9.81. The zero-order chi connectivity index (χ0) is 14.1. The second-order valence-corrected chi connectivity index (χ2v) is 4.64. The lowest BCUT2D eigenvalue weighted by Gasteiger charge is -2.20. The third-order valence-corrected chi connectivity index (χ3v) is 2.60. The molecule has 1 aromatic carbocycles. The fourth-order valence-corrected chi connectivity index (χ4v) is 1.49. The predicted molar refractivity (Wildman–Crippen MR) is 56.5 cm³/mol. The van der Waals surface area contributed by atoms with Crippen molar-refractivity contribution in [2.24, 2.45) is 5.41 Å². The van der Waals surface area contributed by atoms with Gasteiger partial charge in [-0.15, -0.1) is 0 Å². The quantitative estimate of drug-likeness (QED) is 0.848. The van der Waals surface area contributed by atoms with Gasteiger partial charge in [0.05, 0.1) is 11.0 Å². The molecule has 0 fully saturated rings. The third kappa shape index (κ3) is 3.00. The number of carbonyl (C=O) groups is 1. The monoisotopic (exact) mass is 264 g/mol. The Bertz CT molecular complexity index is 464. The first-order valence-corrected chi connectivity index (χ1v) is 5.13. The van der Waals surface area contributed by atoms with E-state index in [0.29, 0.717) is 6.07 Å². The van der Waals surface area contributed by atoms with E-state index in [-0.39, 0.29) is 12.0 Å². The van der Waals surface area contributed by atoms with Gasteiger partial charge >= 0.3 is 12.1 Å². The van der Waals surface area contributed by atoms with Crippen LogP contribution in [0.2, 0.25) is 0 Å². The summed E-state index contributed by atoms with van der Waals surface area (Å²) in [5.74, 6) is -2.60. The minimum atomic E-state index is -4.78. The highest BCUT2D eigenvalue weighted by atomic mass is 19.4. The van der Waals surface area contributed by atoms with Gasteiger partial charge in [-0.3, -0.25) is 4.79 Å². The van der Waals surface area contributed by atoms with Crippen molar-refractivity contribution in [2.75, 3.05) is 0 Å². The molecule has 1 aromatic rings. The van der Waals surface area contributed by atoms with Gasteiger partial charge in [0, 0.05) is 0 Å². The second kappa shape index (κ2) is 4.59. The van der Waals surface area contributed by atoms with Crippen molar-refractivity contribution in [1.82, 2.24) is 0 Å². The molecule has 1 N–H and O–H groups in total. The van der Waals surface area contributed by atoms with Crippen LogP contribution in [0.25, 0.3) is 0 Å². The summed E-state index contributed by atoms with van der Waals surface area (Å²) in [6, 6.07) is 2.86. The smallest absolute Gasteiger partial charge is 0.419 e. The molecule has 0 aromatic heterocycles. The lowest BCUT2D eigenvalue weighted by atomic mass is 9.85. The maximum absolute atomic E-state index is 13.6. The Balaban J connectivity index is 3.17. The summed E-state index contributed by atoms with van der Waals surface area (Å²) in [7, 11) is 0. The molecule has 0 aliphatic rings. The molecule has 18 heavy (non-hydrogen) atoms.